The third-order valence-corrected chi connectivity index (χ3v) is 31.6. The second-order valence-electron chi connectivity index (χ2n) is 39.3. The summed E-state index contributed by atoms with van der Waals surface area (Å²) in [4.78, 5) is 30.8. The zero-order chi connectivity index (χ0) is 94.8. The quantitative estimate of drug-likeness (QED) is 0.158. The van der Waals surface area contributed by atoms with Gasteiger partial charge >= 0.3 is 0 Å². The van der Waals surface area contributed by atoms with E-state index in [1.54, 1.807) is 0 Å². The molecule has 2 spiro atoms. The van der Waals surface area contributed by atoms with Crippen LogP contribution in [-0.4, -0.2) is 43.1 Å². The van der Waals surface area contributed by atoms with Crippen molar-refractivity contribution < 1.29 is 0 Å². The molecule has 32 rings (SSSR count). The van der Waals surface area contributed by atoms with Crippen molar-refractivity contribution in [1.29, 1.82) is 0 Å². The van der Waals surface area contributed by atoms with Gasteiger partial charge in [0.15, 0.2) is 0 Å². The number of fused-ring (bicyclic) bond motifs is 40. The minimum absolute atomic E-state index is 0.0612. The Morgan fingerprint density at radius 3 is 0.861 bits per heavy atom. The highest BCUT2D eigenvalue weighted by Gasteiger charge is 2.54. The van der Waals surface area contributed by atoms with Gasteiger partial charge in [-0.2, -0.15) is 0 Å². The van der Waals surface area contributed by atoms with Crippen molar-refractivity contribution in [3.63, 3.8) is 0 Å². The Hall–Kier alpha value is -18.7. The summed E-state index contributed by atoms with van der Waals surface area (Å²) in [6.45, 7) is 4.71. The van der Waals surface area contributed by atoms with Gasteiger partial charge < -0.3 is 0 Å². The van der Waals surface area contributed by atoms with Gasteiger partial charge in [0.05, 0.1) is 61.0 Å². The maximum atomic E-state index is 5.26. The van der Waals surface area contributed by atoms with E-state index in [1.165, 1.54) is 155 Å². The number of benzene rings is 18. The molecule has 27 aromatic rings. The Morgan fingerprint density at radius 1 is 0.174 bits per heavy atom. The molecule has 0 saturated heterocycles. The van der Waals surface area contributed by atoms with E-state index in [9.17, 15) is 0 Å². The van der Waals surface area contributed by atoms with E-state index in [-0.39, 0.29) is 16.2 Å². The first kappa shape index (κ1) is 81.3. The molecule has 0 radical (unpaired) electrons. The van der Waals surface area contributed by atoms with E-state index in [2.05, 4.69) is 476 Å². The topological polar surface area (TPSA) is 90.6 Å². The van der Waals surface area contributed by atoms with Gasteiger partial charge in [0.25, 0.3) is 0 Å². The third-order valence-electron chi connectivity index (χ3n) is 31.6. The summed E-state index contributed by atoms with van der Waals surface area (Å²) in [5.74, 6) is 0. The van der Waals surface area contributed by atoms with Gasteiger partial charge in [-0.25, -0.2) is 29.9 Å². The standard InChI is InChI=1S/C51H31N3.C45H27N3.C39H27N3/c1-5-18-42-37(14-1)38-15-2-6-19-43(38)51(42)44-20-7-3-16-39(44)40-28-27-35(31-45(40)51)33-25-23-32(24-26-33)34-12-11-13-36(30-34)48-50-49(41-17-4-8-21-46(41)52-48)53-47-22-9-10-29-54(47)50;1-5-18-36-31(14-1)32-15-2-6-19-37(32)45(36)38-20-7-3-16-33(38)34-24-23-29(27-39(34)45)28-12-11-13-30(26-28)42-44-43(35-17-4-8-21-40(35)46-42)47-41-22-9-10-25-48(41)44;1-39(2)31-15-7-5-13-28(31)35-27-12-4-3-11-26(27)30(23-32(35)39)24-18-20-25(21-19-24)36-38-37(29-14-6-8-16-33(29)40-36)41-34-17-9-10-22-42(34)38/h1-31H;1-27H;3-23H,1-2H3. The molecule has 9 nitrogen and oxygen atoms in total. The molecule has 0 atom stereocenters. The number of hydrogen-bond donors (Lipinski definition) is 0. The van der Waals surface area contributed by atoms with Crippen LogP contribution in [-0.2, 0) is 16.2 Å². The van der Waals surface area contributed by atoms with Crippen molar-refractivity contribution in [2.45, 2.75) is 30.1 Å². The molecule has 5 aliphatic rings. The number of imidazole rings is 3. The average molecular weight is 1830 g/mol. The average Bonchev–Trinajstić information content (AvgIpc) is 1.51. The second kappa shape index (κ2) is 31.2. The summed E-state index contributed by atoms with van der Waals surface area (Å²) in [5.41, 5.74) is 53.5. The van der Waals surface area contributed by atoms with E-state index in [0.29, 0.717) is 0 Å². The fourth-order valence-electron chi connectivity index (χ4n) is 25.4. The molecule has 9 aromatic heterocycles. The molecule has 0 bridgehead atoms. The minimum atomic E-state index is -0.366. The van der Waals surface area contributed by atoms with Crippen LogP contribution in [0.4, 0.5) is 0 Å². The van der Waals surface area contributed by atoms with Gasteiger partial charge in [0.2, 0.25) is 0 Å². The summed E-state index contributed by atoms with van der Waals surface area (Å²) in [7, 11) is 0. The molecule has 0 unspecified atom stereocenters. The normalized spacial score (nSPS) is 13.5. The first-order valence-corrected chi connectivity index (χ1v) is 49.6. The first-order valence-electron chi connectivity index (χ1n) is 49.6. The zero-order valence-electron chi connectivity index (χ0n) is 78.6. The summed E-state index contributed by atoms with van der Waals surface area (Å²) in [6.07, 6.45) is 6.25. The van der Waals surface area contributed by atoms with Crippen LogP contribution in [0.1, 0.15) is 69.5 Å². The van der Waals surface area contributed by atoms with Crippen LogP contribution in [0.15, 0.2) is 480 Å². The van der Waals surface area contributed by atoms with Crippen molar-refractivity contribution in [2.24, 2.45) is 0 Å². The van der Waals surface area contributed by atoms with Gasteiger partial charge in [-0.15, -0.1) is 0 Å². The highest BCUT2D eigenvalue weighted by atomic mass is 15.0. The van der Waals surface area contributed by atoms with Crippen molar-refractivity contribution >= 4 is 93.5 Å². The molecule has 9 heteroatoms. The number of para-hydroxylation sites is 3. The molecular weight excluding hydrogens is 1750 g/mol. The Bertz CT molecular complexity index is 10000. The van der Waals surface area contributed by atoms with Crippen LogP contribution >= 0.6 is 0 Å². The highest BCUT2D eigenvalue weighted by molar-refractivity contribution is 6.14. The van der Waals surface area contributed by atoms with Crippen LogP contribution in [0, 0.1) is 0 Å². The lowest BCUT2D eigenvalue weighted by Gasteiger charge is -2.30. The van der Waals surface area contributed by atoms with Crippen molar-refractivity contribution in [3.8, 4) is 134 Å². The maximum absolute atomic E-state index is 5.26. The molecule has 5 aliphatic carbocycles. The van der Waals surface area contributed by atoms with E-state index in [4.69, 9.17) is 29.9 Å². The number of aromatic nitrogens is 9. The molecule has 0 aliphatic heterocycles. The minimum Gasteiger partial charge on any atom is -0.298 e. The number of rotatable bonds is 7. The van der Waals surface area contributed by atoms with Crippen LogP contribution in [0.3, 0.4) is 0 Å². The van der Waals surface area contributed by atoms with Gasteiger partial charge in [-0.05, 0) is 251 Å². The monoisotopic (exact) mass is 1830 g/mol. The van der Waals surface area contributed by atoms with E-state index < -0.39 is 0 Å². The number of pyridine rings is 6. The van der Waals surface area contributed by atoms with Crippen molar-refractivity contribution in [1.82, 2.24) is 43.1 Å². The van der Waals surface area contributed by atoms with Gasteiger partial charge in [-0.1, -0.05) is 390 Å². The molecule has 18 aromatic carbocycles. The highest BCUT2D eigenvalue weighted by Crippen LogP contribution is 2.66. The molecule has 9 heterocycles. The summed E-state index contributed by atoms with van der Waals surface area (Å²) in [5, 5.41) is 5.80. The Kier molecular flexibility index (Phi) is 17.6. The Labute approximate surface area is 830 Å². The lowest BCUT2D eigenvalue weighted by atomic mass is 9.70. The molecular formula is C135H85N9. The van der Waals surface area contributed by atoms with E-state index in [1.807, 2.05) is 30.3 Å². The number of nitrogens with zero attached hydrogens (tertiary/aromatic N) is 9. The Morgan fingerprint density at radius 2 is 0.458 bits per heavy atom. The molecule has 0 saturated carbocycles. The third kappa shape index (κ3) is 11.7. The van der Waals surface area contributed by atoms with Crippen LogP contribution in [0.25, 0.3) is 227 Å². The SMILES string of the molecule is CC1(C)c2ccccc2-c2c1cc(-c1ccc(-c3nc4ccccc4c4nc5ccccn5c34)cc1)c1ccccc21.c1cc(-c2ccc(-c3ccc4c(c3)C3(c5ccccc5-c5ccccc53)c3ccccc3-4)cc2)cc(-c2nc3ccccc3c3nc4ccccn4c23)c1.c1cc(-c2ccc3c(c2)C2(c4ccccc4-c4ccccc42)c2ccccc2-3)cc(-c2nc3ccccc3c3nc4ccccn4c23)c1. The zero-order valence-corrected chi connectivity index (χ0v) is 78.6. The molecule has 0 amide bonds. The number of hydrogen-bond acceptors (Lipinski definition) is 6. The van der Waals surface area contributed by atoms with E-state index in [0.717, 1.165) is 128 Å². The second-order valence-corrected chi connectivity index (χ2v) is 39.3. The van der Waals surface area contributed by atoms with Gasteiger partial charge in [0.1, 0.15) is 33.5 Å². The molecule has 144 heavy (non-hydrogen) atoms. The van der Waals surface area contributed by atoms with Gasteiger partial charge in [-0.3, -0.25) is 13.2 Å². The van der Waals surface area contributed by atoms with E-state index >= 15 is 0 Å². The van der Waals surface area contributed by atoms with Crippen LogP contribution < -0.4 is 0 Å². The summed E-state index contributed by atoms with van der Waals surface area (Å²) >= 11 is 0. The van der Waals surface area contributed by atoms with Crippen molar-refractivity contribution in [3.05, 3.63) is 535 Å². The van der Waals surface area contributed by atoms with Crippen molar-refractivity contribution in [2.75, 3.05) is 0 Å². The largest absolute Gasteiger partial charge is 0.298 e. The van der Waals surface area contributed by atoms with Gasteiger partial charge in [0, 0.05) is 56.9 Å². The lowest BCUT2D eigenvalue weighted by Crippen LogP contribution is -2.25. The van der Waals surface area contributed by atoms with Crippen LogP contribution in [0.5, 0.6) is 0 Å². The maximum Gasteiger partial charge on any atom is 0.137 e. The predicted octanol–water partition coefficient (Wildman–Crippen LogP) is 32.9. The smallest absolute Gasteiger partial charge is 0.137 e. The predicted molar refractivity (Wildman–Crippen MR) is 590 cm³/mol. The first-order chi connectivity index (χ1) is 71.2. The fourth-order valence-corrected chi connectivity index (χ4v) is 25.4. The Balaban J connectivity index is 0.000000101. The molecule has 670 valence electrons. The summed E-state index contributed by atoms with van der Waals surface area (Å²) in [6, 6.07) is 167. The summed E-state index contributed by atoms with van der Waals surface area (Å²) < 4.78 is 6.49. The fraction of sp³-hybridized carbons (Fsp3) is 0.0370. The molecule has 0 fully saturated rings. The lowest BCUT2D eigenvalue weighted by molar-refractivity contribution is 0.661. The van der Waals surface area contributed by atoms with Crippen LogP contribution in [0.2, 0.25) is 0 Å². The molecule has 0 N–H and O–H groups in total.